The number of hydrogen-bond acceptors (Lipinski definition) is 1. The van der Waals surface area contributed by atoms with Gasteiger partial charge in [-0.1, -0.05) is 108 Å². The van der Waals surface area contributed by atoms with Gasteiger partial charge in [-0.2, -0.15) is 0 Å². The molecule has 41 heavy (non-hydrogen) atoms. The average Bonchev–Trinajstić information content (AvgIpc) is 3.82. The van der Waals surface area contributed by atoms with Crippen LogP contribution in [0.25, 0.3) is 22.3 Å². The lowest BCUT2D eigenvalue weighted by atomic mass is 9.67. The molecule has 5 aliphatic rings. The molecule has 4 fully saturated rings. The first-order valence-electron chi connectivity index (χ1n) is 15.4. The van der Waals surface area contributed by atoms with Crippen molar-refractivity contribution in [1.29, 1.82) is 0 Å². The molecule has 9 rings (SSSR count). The van der Waals surface area contributed by atoms with Crippen LogP contribution in [0.5, 0.6) is 0 Å². The Morgan fingerprint density at radius 2 is 1.12 bits per heavy atom. The van der Waals surface area contributed by atoms with Crippen LogP contribution in [-0.2, 0) is 11.0 Å². The molecule has 1 spiro atoms. The summed E-state index contributed by atoms with van der Waals surface area (Å²) in [6.07, 6.45) is 10.1. The van der Waals surface area contributed by atoms with Crippen LogP contribution in [0.1, 0.15) is 68.1 Å². The van der Waals surface area contributed by atoms with Crippen LogP contribution in [0.4, 0.5) is 0 Å². The standard InChI is InChI=1S/C19H19ClO.C19H17Cl/c20-18-8-4-2-6-16(18)15-5-1-3-7-17(15)19(21)12-13-9-10-14(19)11-13;20-17-7-3-6-16-18(17)14-4-1-2-5-15(14)19(16)11-12-8-9-13(19)10-12/h1-8,13-14,21H,9-12H2;1-7,12-13H,8-11H2. The highest BCUT2D eigenvalue weighted by molar-refractivity contribution is 6.34. The van der Waals surface area contributed by atoms with Crippen molar-refractivity contribution in [2.45, 2.75) is 62.4 Å². The van der Waals surface area contributed by atoms with Crippen molar-refractivity contribution in [3.8, 4) is 22.3 Å². The van der Waals surface area contributed by atoms with E-state index in [4.69, 9.17) is 23.2 Å². The number of halogens is 2. The molecule has 0 aliphatic heterocycles. The van der Waals surface area contributed by atoms with Crippen molar-refractivity contribution >= 4 is 23.2 Å². The number of hydrogen-bond donors (Lipinski definition) is 1. The minimum absolute atomic E-state index is 0.278. The molecular weight excluding hydrogens is 543 g/mol. The van der Waals surface area contributed by atoms with Gasteiger partial charge < -0.3 is 5.11 Å². The molecule has 4 aromatic carbocycles. The van der Waals surface area contributed by atoms with E-state index >= 15 is 0 Å². The van der Waals surface area contributed by atoms with Gasteiger partial charge in [0.2, 0.25) is 0 Å². The Hall–Kier alpha value is -2.58. The third-order valence-corrected chi connectivity index (χ3v) is 12.0. The van der Waals surface area contributed by atoms with Gasteiger partial charge in [0.25, 0.3) is 0 Å². The molecule has 0 radical (unpaired) electrons. The highest BCUT2D eigenvalue weighted by atomic mass is 35.5. The van der Waals surface area contributed by atoms with E-state index in [0.717, 1.165) is 51.4 Å². The van der Waals surface area contributed by atoms with Crippen LogP contribution >= 0.6 is 23.2 Å². The highest BCUT2D eigenvalue weighted by Gasteiger charge is 2.57. The summed E-state index contributed by atoms with van der Waals surface area (Å²) in [5.74, 6) is 2.86. The molecule has 5 aliphatic carbocycles. The Morgan fingerprint density at radius 1 is 0.537 bits per heavy atom. The van der Waals surface area contributed by atoms with Crippen LogP contribution in [0.3, 0.4) is 0 Å². The summed E-state index contributed by atoms with van der Waals surface area (Å²) in [6.45, 7) is 0. The van der Waals surface area contributed by atoms with Gasteiger partial charge in [0.1, 0.15) is 0 Å². The zero-order valence-corrected chi connectivity index (χ0v) is 24.8. The quantitative estimate of drug-likeness (QED) is 0.251. The van der Waals surface area contributed by atoms with Gasteiger partial charge in [0.05, 0.1) is 5.60 Å². The van der Waals surface area contributed by atoms with Gasteiger partial charge in [-0.3, -0.25) is 0 Å². The maximum absolute atomic E-state index is 11.3. The van der Waals surface area contributed by atoms with Gasteiger partial charge in [0.15, 0.2) is 0 Å². The summed E-state index contributed by atoms with van der Waals surface area (Å²) in [6, 6.07) is 31.6. The smallest absolute Gasteiger partial charge is 0.0933 e. The Bertz CT molecular complexity index is 1640. The van der Waals surface area contributed by atoms with E-state index in [2.05, 4.69) is 48.5 Å². The molecule has 0 heterocycles. The summed E-state index contributed by atoms with van der Waals surface area (Å²) in [5.41, 5.74) is 8.54. The third kappa shape index (κ3) is 3.85. The van der Waals surface area contributed by atoms with Gasteiger partial charge >= 0.3 is 0 Å². The largest absolute Gasteiger partial charge is 0.385 e. The molecule has 208 valence electrons. The Balaban J connectivity index is 0.000000125. The minimum Gasteiger partial charge on any atom is -0.385 e. The molecule has 1 N–H and O–H groups in total. The molecule has 4 bridgehead atoms. The predicted molar refractivity (Wildman–Crippen MR) is 169 cm³/mol. The molecular formula is C38H36Cl2O. The van der Waals surface area contributed by atoms with Crippen LogP contribution in [0.2, 0.25) is 10.0 Å². The lowest BCUT2D eigenvalue weighted by Crippen LogP contribution is -2.32. The zero-order valence-electron chi connectivity index (χ0n) is 23.3. The first-order valence-corrected chi connectivity index (χ1v) is 16.2. The van der Waals surface area contributed by atoms with Gasteiger partial charge in [0, 0.05) is 26.6 Å². The molecule has 6 unspecified atom stereocenters. The fourth-order valence-corrected chi connectivity index (χ4v) is 10.3. The Kier molecular flexibility index (Phi) is 6.19. The summed E-state index contributed by atoms with van der Waals surface area (Å²) in [4.78, 5) is 0. The number of rotatable bonds is 2. The van der Waals surface area contributed by atoms with E-state index in [0.29, 0.717) is 11.8 Å². The Labute approximate surface area is 253 Å². The molecule has 3 heteroatoms. The minimum atomic E-state index is -0.668. The van der Waals surface area contributed by atoms with Crippen molar-refractivity contribution in [3.05, 3.63) is 118 Å². The van der Waals surface area contributed by atoms with Gasteiger partial charge in [-0.25, -0.2) is 0 Å². The first-order chi connectivity index (χ1) is 20.0. The molecule has 1 nitrogen and oxygen atoms in total. The van der Waals surface area contributed by atoms with E-state index < -0.39 is 5.60 Å². The van der Waals surface area contributed by atoms with Crippen molar-refractivity contribution < 1.29 is 5.11 Å². The topological polar surface area (TPSA) is 20.2 Å². The zero-order chi connectivity index (χ0) is 27.8. The fourth-order valence-electron chi connectivity index (χ4n) is 9.80. The van der Waals surface area contributed by atoms with E-state index in [9.17, 15) is 5.11 Å². The summed E-state index contributed by atoms with van der Waals surface area (Å²) in [7, 11) is 0. The lowest BCUT2D eigenvalue weighted by molar-refractivity contribution is -0.0177. The van der Waals surface area contributed by atoms with E-state index in [-0.39, 0.29) is 5.41 Å². The summed E-state index contributed by atoms with van der Waals surface area (Å²) in [5, 5.41) is 13.0. The maximum Gasteiger partial charge on any atom is 0.0933 e. The van der Waals surface area contributed by atoms with Crippen molar-refractivity contribution in [2.24, 2.45) is 23.7 Å². The average molecular weight is 580 g/mol. The third-order valence-electron chi connectivity index (χ3n) is 11.4. The predicted octanol–water partition coefficient (Wildman–Crippen LogP) is 10.4. The van der Waals surface area contributed by atoms with Crippen LogP contribution in [-0.4, -0.2) is 5.11 Å². The molecule has 0 saturated heterocycles. The second-order valence-corrected chi connectivity index (χ2v) is 14.1. The maximum atomic E-state index is 11.3. The fraction of sp³-hybridized carbons (Fsp3) is 0.368. The second kappa shape index (κ2) is 9.73. The van der Waals surface area contributed by atoms with Gasteiger partial charge in [-0.15, -0.1) is 0 Å². The first kappa shape index (κ1) is 26.1. The van der Waals surface area contributed by atoms with Crippen molar-refractivity contribution in [1.82, 2.24) is 0 Å². The SMILES string of the molecule is Clc1cccc2c1-c1ccccc1C21CC2CCC1C2.OC1(c2ccccc2-c2ccccc2Cl)CC2CCC1C2. The monoisotopic (exact) mass is 578 g/mol. The normalized spacial score (nSPS) is 31.7. The number of fused-ring (bicyclic) bond motifs is 10. The summed E-state index contributed by atoms with van der Waals surface area (Å²) < 4.78 is 0. The lowest BCUT2D eigenvalue weighted by Gasteiger charge is -2.36. The number of benzene rings is 4. The molecule has 0 aromatic heterocycles. The number of aliphatic hydroxyl groups is 1. The second-order valence-electron chi connectivity index (χ2n) is 13.3. The van der Waals surface area contributed by atoms with Crippen LogP contribution in [0.15, 0.2) is 91.0 Å². The Morgan fingerprint density at radius 3 is 1.78 bits per heavy atom. The molecule has 4 aromatic rings. The summed E-state index contributed by atoms with van der Waals surface area (Å²) >= 11 is 12.9. The van der Waals surface area contributed by atoms with E-state index in [1.807, 2.05) is 42.5 Å². The van der Waals surface area contributed by atoms with Gasteiger partial charge in [-0.05, 0) is 109 Å². The molecule has 6 atom stereocenters. The molecule has 0 amide bonds. The molecule has 4 saturated carbocycles. The van der Waals surface area contributed by atoms with Crippen LogP contribution < -0.4 is 0 Å². The van der Waals surface area contributed by atoms with E-state index in [1.54, 1.807) is 5.56 Å². The van der Waals surface area contributed by atoms with Crippen molar-refractivity contribution in [2.75, 3.05) is 0 Å². The van der Waals surface area contributed by atoms with Crippen molar-refractivity contribution in [3.63, 3.8) is 0 Å². The van der Waals surface area contributed by atoms with Crippen LogP contribution in [0, 0.1) is 23.7 Å². The highest BCUT2D eigenvalue weighted by Crippen LogP contribution is 2.66. The van der Waals surface area contributed by atoms with E-state index in [1.165, 1.54) is 55.2 Å².